The molecule has 0 heterocycles. The molecule has 1 aliphatic carbocycles. The minimum atomic E-state index is -0.232. The Morgan fingerprint density at radius 2 is 1.73 bits per heavy atom. The highest BCUT2D eigenvalue weighted by atomic mass is 15.2. The average Bonchev–Trinajstić information content (AvgIpc) is 2.31. The topological polar surface area (TPSA) is 27.0 Å². The molecule has 1 unspecified atom stereocenters. The molecule has 1 atom stereocenters. The molecule has 0 aliphatic heterocycles. The molecule has 1 aliphatic rings. The van der Waals surface area contributed by atoms with Crippen molar-refractivity contribution in [3.63, 3.8) is 0 Å². The minimum absolute atomic E-state index is 0.232. The van der Waals surface area contributed by atoms with Gasteiger partial charge in [0.1, 0.15) is 5.54 Å². The monoisotopic (exact) mass is 208 g/mol. The van der Waals surface area contributed by atoms with E-state index >= 15 is 0 Å². The molecular formula is C13H24N2. The van der Waals surface area contributed by atoms with Crippen LogP contribution in [0.15, 0.2) is 0 Å². The fourth-order valence-corrected chi connectivity index (χ4v) is 2.97. The largest absolute Gasteiger partial charge is 0.286 e. The molecule has 1 rings (SSSR count). The maximum absolute atomic E-state index is 9.48. The van der Waals surface area contributed by atoms with Crippen LogP contribution < -0.4 is 0 Å². The van der Waals surface area contributed by atoms with Crippen molar-refractivity contribution in [1.29, 1.82) is 5.26 Å². The highest BCUT2D eigenvalue weighted by Crippen LogP contribution is 2.35. The lowest BCUT2D eigenvalue weighted by molar-refractivity contribution is 0.0837. The average molecular weight is 208 g/mol. The number of rotatable bonds is 4. The lowest BCUT2D eigenvalue weighted by Gasteiger charge is -2.42. The van der Waals surface area contributed by atoms with E-state index in [-0.39, 0.29) is 5.54 Å². The second-order valence-corrected chi connectivity index (χ2v) is 4.77. The summed E-state index contributed by atoms with van der Waals surface area (Å²) in [7, 11) is 0. The summed E-state index contributed by atoms with van der Waals surface area (Å²) in [4.78, 5) is 2.32. The minimum Gasteiger partial charge on any atom is -0.286 e. The molecular weight excluding hydrogens is 184 g/mol. The zero-order chi connectivity index (χ0) is 11.3. The summed E-state index contributed by atoms with van der Waals surface area (Å²) in [6.07, 6.45) is 6.45. The molecule has 0 aromatic carbocycles. The van der Waals surface area contributed by atoms with Crippen molar-refractivity contribution < 1.29 is 0 Å². The van der Waals surface area contributed by atoms with Crippen LogP contribution in [0.2, 0.25) is 0 Å². The number of nitrogens with zero attached hydrogens (tertiary/aromatic N) is 2. The smallest absolute Gasteiger partial charge is 0.109 e. The highest BCUT2D eigenvalue weighted by Gasteiger charge is 2.38. The Bertz CT molecular complexity index is 221. The Morgan fingerprint density at radius 3 is 2.13 bits per heavy atom. The number of hydrogen-bond donors (Lipinski definition) is 0. The van der Waals surface area contributed by atoms with Crippen LogP contribution in [0.1, 0.15) is 52.9 Å². The van der Waals surface area contributed by atoms with Gasteiger partial charge in [0.2, 0.25) is 0 Å². The first kappa shape index (κ1) is 12.5. The van der Waals surface area contributed by atoms with Crippen LogP contribution in [0.5, 0.6) is 0 Å². The van der Waals surface area contributed by atoms with Gasteiger partial charge in [-0.2, -0.15) is 5.26 Å². The molecule has 0 N–H and O–H groups in total. The maximum atomic E-state index is 9.48. The van der Waals surface area contributed by atoms with E-state index in [4.69, 9.17) is 0 Å². The standard InChI is InChI=1S/C13H24N2/c1-4-15(5-2)13(3,11-14)12-9-7-6-8-10-12/h12H,4-10H2,1-3H3. The Balaban J connectivity index is 2.77. The molecule has 0 saturated heterocycles. The van der Waals surface area contributed by atoms with E-state index in [1.165, 1.54) is 32.1 Å². The van der Waals surface area contributed by atoms with E-state index in [1.54, 1.807) is 0 Å². The predicted molar refractivity (Wildman–Crippen MR) is 63.5 cm³/mol. The summed E-state index contributed by atoms with van der Waals surface area (Å²) < 4.78 is 0. The Morgan fingerprint density at radius 1 is 1.20 bits per heavy atom. The van der Waals surface area contributed by atoms with Crippen molar-refractivity contribution in [2.24, 2.45) is 5.92 Å². The Hall–Kier alpha value is -0.550. The normalized spacial score (nSPS) is 22.3. The molecule has 1 fully saturated rings. The van der Waals surface area contributed by atoms with Gasteiger partial charge in [0.25, 0.3) is 0 Å². The van der Waals surface area contributed by atoms with Gasteiger partial charge in [-0.3, -0.25) is 4.90 Å². The third-order valence-electron chi connectivity index (χ3n) is 4.05. The number of hydrogen-bond acceptors (Lipinski definition) is 2. The summed E-state index contributed by atoms with van der Waals surface area (Å²) in [6.45, 7) is 8.41. The first-order chi connectivity index (χ1) is 7.19. The quantitative estimate of drug-likeness (QED) is 0.709. The summed E-state index contributed by atoms with van der Waals surface area (Å²) in [5.74, 6) is 0.580. The van der Waals surface area contributed by atoms with Gasteiger partial charge in [0, 0.05) is 0 Å². The van der Waals surface area contributed by atoms with Gasteiger partial charge >= 0.3 is 0 Å². The number of nitriles is 1. The summed E-state index contributed by atoms with van der Waals surface area (Å²) in [5.41, 5.74) is -0.232. The zero-order valence-corrected chi connectivity index (χ0v) is 10.4. The fraction of sp³-hybridized carbons (Fsp3) is 0.923. The molecule has 86 valence electrons. The molecule has 2 nitrogen and oxygen atoms in total. The van der Waals surface area contributed by atoms with Crippen molar-refractivity contribution >= 4 is 0 Å². The molecule has 0 aromatic rings. The van der Waals surface area contributed by atoms with Crippen LogP contribution >= 0.6 is 0 Å². The van der Waals surface area contributed by atoms with Gasteiger partial charge in [-0.15, -0.1) is 0 Å². The van der Waals surface area contributed by atoms with Gasteiger partial charge in [0.15, 0.2) is 0 Å². The maximum Gasteiger partial charge on any atom is 0.109 e. The second kappa shape index (κ2) is 5.51. The molecule has 0 amide bonds. The third-order valence-corrected chi connectivity index (χ3v) is 4.05. The molecule has 2 heteroatoms. The molecule has 1 saturated carbocycles. The van der Waals surface area contributed by atoms with Crippen LogP contribution in [-0.2, 0) is 0 Å². The van der Waals surface area contributed by atoms with Crippen LogP contribution in [0, 0.1) is 17.2 Å². The van der Waals surface area contributed by atoms with Crippen LogP contribution in [0.4, 0.5) is 0 Å². The van der Waals surface area contributed by atoms with E-state index < -0.39 is 0 Å². The van der Waals surface area contributed by atoms with Crippen molar-refractivity contribution in [3.05, 3.63) is 0 Å². The lowest BCUT2D eigenvalue weighted by atomic mass is 9.75. The van der Waals surface area contributed by atoms with Gasteiger partial charge in [0.05, 0.1) is 6.07 Å². The summed E-state index contributed by atoms with van der Waals surface area (Å²) in [5, 5.41) is 9.48. The summed E-state index contributed by atoms with van der Waals surface area (Å²) in [6, 6.07) is 2.58. The van der Waals surface area contributed by atoms with Crippen LogP contribution in [0.25, 0.3) is 0 Å². The van der Waals surface area contributed by atoms with Crippen LogP contribution in [0.3, 0.4) is 0 Å². The first-order valence-electron chi connectivity index (χ1n) is 6.35. The van der Waals surface area contributed by atoms with E-state index in [0.29, 0.717) is 5.92 Å². The van der Waals surface area contributed by atoms with E-state index in [1.807, 2.05) is 0 Å². The van der Waals surface area contributed by atoms with Gasteiger partial charge in [-0.05, 0) is 38.8 Å². The Labute approximate surface area is 94.3 Å². The molecule has 15 heavy (non-hydrogen) atoms. The predicted octanol–water partition coefficient (Wildman–Crippen LogP) is 3.19. The molecule has 0 bridgehead atoms. The van der Waals surface area contributed by atoms with Gasteiger partial charge in [-0.25, -0.2) is 0 Å². The molecule has 0 spiro atoms. The third kappa shape index (κ3) is 2.52. The first-order valence-corrected chi connectivity index (χ1v) is 6.35. The SMILES string of the molecule is CCN(CC)C(C)(C#N)C1CCCCC1. The highest BCUT2D eigenvalue weighted by molar-refractivity contribution is 5.09. The lowest BCUT2D eigenvalue weighted by Crippen LogP contribution is -2.51. The van der Waals surface area contributed by atoms with Crippen molar-refractivity contribution in [2.75, 3.05) is 13.1 Å². The fourth-order valence-electron chi connectivity index (χ4n) is 2.97. The van der Waals surface area contributed by atoms with Crippen molar-refractivity contribution in [1.82, 2.24) is 4.90 Å². The zero-order valence-electron chi connectivity index (χ0n) is 10.4. The Kier molecular flexibility index (Phi) is 4.60. The second-order valence-electron chi connectivity index (χ2n) is 4.77. The summed E-state index contributed by atoms with van der Waals surface area (Å²) >= 11 is 0. The molecule has 0 aromatic heterocycles. The van der Waals surface area contributed by atoms with Crippen LogP contribution in [-0.4, -0.2) is 23.5 Å². The van der Waals surface area contributed by atoms with E-state index in [9.17, 15) is 5.26 Å². The van der Waals surface area contributed by atoms with Gasteiger partial charge < -0.3 is 0 Å². The van der Waals surface area contributed by atoms with Crippen molar-refractivity contribution in [3.8, 4) is 6.07 Å². The van der Waals surface area contributed by atoms with E-state index in [0.717, 1.165) is 13.1 Å². The molecule has 0 radical (unpaired) electrons. The van der Waals surface area contributed by atoms with E-state index in [2.05, 4.69) is 31.7 Å². The van der Waals surface area contributed by atoms with Gasteiger partial charge in [-0.1, -0.05) is 33.1 Å². The van der Waals surface area contributed by atoms with Crippen molar-refractivity contribution in [2.45, 2.75) is 58.4 Å².